The van der Waals surface area contributed by atoms with Crippen molar-refractivity contribution >= 4 is 18.2 Å². The fourth-order valence-corrected chi connectivity index (χ4v) is 0.765. The van der Waals surface area contributed by atoms with Crippen molar-refractivity contribution < 1.29 is 4.79 Å². The summed E-state index contributed by atoms with van der Waals surface area (Å²) in [5, 5.41) is 0. The van der Waals surface area contributed by atoms with E-state index in [4.69, 9.17) is 5.73 Å². The molecule has 0 fully saturated rings. The van der Waals surface area contributed by atoms with Crippen LogP contribution in [0.2, 0.25) is 0 Å². The third-order valence-electron chi connectivity index (χ3n) is 1.29. The van der Waals surface area contributed by atoms with Crippen molar-refractivity contribution in [1.29, 1.82) is 0 Å². The van der Waals surface area contributed by atoms with Crippen LogP contribution in [0.3, 0.4) is 0 Å². The van der Waals surface area contributed by atoms with Gasteiger partial charge in [0, 0.05) is 24.7 Å². The van der Waals surface area contributed by atoms with Crippen LogP contribution in [0.5, 0.6) is 0 Å². The SMILES string of the molecule is C=Cn1ccnc1C=CC(N)=O. The first-order valence-electron chi connectivity index (χ1n) is 3.37. The first-order valence-corrected chi connectivity index (χ1v) is 3.37. The Morgan fingerprint density at radius 2 is 2.50 bits per heavy atom. The van der Waals surface area contributed by atoms with Crippen LogP contribution < -0.4 is 5.73 Å². The van der Waals surface area contributed by atoms with E-state index < -0.39 is 5.91 Å². The standard InChI is InChI=1S/C8H9N3O/c1-2-11-6-5-10-8(11)4-3-7(9)12/h2-6H,1H2,(H2,9,12). The molecule has 0 radical (unpaired) electrons. The Hall–Kier alpha value is -1.84. The van der Waals surface area contributed by atoms with Crippen molar-refractivity contribution in [3.8, 4) is 0 Å². The molecule has 0 atom stereocenters. The van der Waals surface area contributed by atoms with Crippen LogP contribution >= 0.6 is 0 Å². The summed E-state index contributed by atoms with van der Waals surface area (Å²) in [6.45, 7) is 3.56. The van der Waals surface area contributed by atoms with E-state index in [1.165, 1.54) is 12.2 Å². The highest BCUT2D eigenvalue weighted by atomic mass is 16.1. The van der Waals surface area contributed by atoms with Gasteiger partial charge in [-0.05, 0) is 6.08 Å². The first kappa shape index (κ1) is 8.26. The molecule has 0 spiro atoms. The molecule has 2 N–H and O–H groups in total. The Balaban J connectivity index is 2.88. The summed E-state index contributed by atoms with van der Waals surface area (Å²) >= 11 is 0. The average molecular weight is 163 g/mol. The minimum absolute atomic E-state index is 0.492. The van der Waals surface area contributed by atoms with Crippen molar-refractivity contribution in [3.05, 3.63) is 30.9 Å². The molecule has 0 saturated heterocycles. The molecule has 0 aliphatic carbocycles. The van der Waals surface area contributed by atoms with Gasteiger partial charge in [0.2, 0.25) is 5.91 Å². The maximum atomic E-state index is 10.4. The lowest BCUT2D eigenvalue weighted by Gasteiger charge is -1.93. The van der Waals surface area contributed by atoms with Crippen LogP contribution in [0, 0.1) is 0 Å². The number of aromatic nitrogens is 2. The maximum Gasteiger partial charge on any atom is 0.241 e. The molecule has 1 rings (SSSR count). The van der Waals surface area contributed by atoms with Crippen molar-refractivity contribution in [3.63, 3.8) is 0 Å². The van der Waals surface area contributed by atoms with Crippen molar-refractivity contribution in [2.24, 2.45) is 5.73 Å². The maximum absolute atomic E-state index is 10.4. The number of hydrogen-bond acceptors (Lipinski definition) is 2. The molecule has 0 unspecified atom stereocenters. The molecule has 0 bridgehead atoms. The number of primary amides is 1. The van der Waals surface area contributed by atoms with E-state index in [0.29, 0.717) is 5.82 Å². The molecule has 12 heavy (non-hydrogen) atoms. The van der Waals surface area contributed by atoms with E-state index in [2.05, 4.69) is 11.6 Å². The van der Waals surface area contributed by atoms with E-state index >= 15 is 0 Å². The Morgan fingerprint density at radius 1 is 1.75 bits per heavy atom. The topological polar surface area (TPSA) is 60.9 Å². The zero-order valence-corrected chi connectivity index (χ0v) is 6.47. The molecule has 4 heteroatoms. The molecule has 1 amide bonds. The summed E-state index contributed by atoms with van der Waals surface area (Å²) in [6.07, 6.45) is 7.72. The molecular formula is C8H9N3O. The lowest BCUT2D eigenvalue weighted by Crippen LogP contribution is -2.05. The lowest BCUT2D eigenvalue weighted by molar-refractivity contribution is -0.113. The van der Waals surface area contributed by atoms with Crippen LogP contribution in [0.1, 0.15) is 5.82 Å². The minimum atomic E-state index is -0.492. The minimum Gasteiger partial charge on any atom is -0.366 e. The Kier molecular flexibility index (Phi) is 2.42. The average Bonchev–Trinajstić information content (AvgIpc) is 2.47. The van der Waals surface area contributed by atoms with Gasteiger partial charge in [-0.25, -0.2) is 4.98 Å². The molecule has 0 aliphatic rings. The third kappa shape index (κ3) is 1.82. The fourth-order valence-electron chi connectivity index (χ4n) is 0.765. The summed E-state index contributed by atoms with van der Waals surface area (Å²) in [6, 6.07) is 0. The van der Waals surface area contributed by atoms with Gasteiger partial charge in [0.1, 0.15) is 5.82 Å². The highest BCUT2D eigenvalue weighted by Crippen LogP contribution is 1.99. The van der Waals surface area contributed by atoms with Gasteiger partial charge in [-0.1, -0.05) is 6.58 Å². The van der Waals surface area contributed by atoms with E-state index in [9.17, 15) is 4.79 Å². The second-order valence-corrected chi connectivity index (χ2v) is 2.11. The van der Waals surface area contributed by atoms with E-state index in [0.717, 1.165) is 0 Å². The number of carbonyl (C=O) groups is 1. The highest BCUT2D eigenvalue weighted by Gasteiger charge is 1.93. The number of rotatable bonds is 3. The number of nitrogens with two attached hydrogens (primary N) is 1. The van der Waals surface area contributed by atoms with Crippen LogP contribution in [0.4, 0.5) is 0 Å². The van der Waals surface area contributed by atoms with Crippen LogP contribution in [0.25, 0.3) is 12.3 Å². The third-order valence-corrected chi connectivity index (χ3v) is 1.29. The Labute approximate surface area is 70.0 Å². The second kappa shape index (κ2) is 3.52. The number of hydrogen-bond donors (Lipinski definition) is 1. The van der Waals surface area contributed by atoms with Gasteiger partial charge in [0.15, 0.2) is 0 Å². The van der Waals surface area contributed by atoms with Gasteiger partial charge >= 0.3 is 0 Å². The van der Waals surface area contributed by atoms with Gasteiger partial charge in [-0.2, -0.15) is 0 Å². The van der Waals surface area contributed by atoms with Crippen molar-refractivity contribution in [2.45, 2.75) is 0 Å². The van der Waals surface area contributed by atoms with Gasteiger partial charge in [0.25, 0.3) is 0 Å². The molecule has 4 nitrogen and oxygen atoms in total. The quantitative estimate of drug-likeness (QED) is 0.659. The largest absolute Gasteiger partial charge is 0.366 e. The Morgan fingerprint density at radius 3 is 3.08 bits per heavy atom. The monoisotopic (exact) mass is 163 g/mol. The summed E-state index contributed by atoms with van der Waals surface area (Å²) in [7, 11) is 0. The predicted octanol–water partition coefficient (Wildman–Crippen LogP) is 0.482. The van der Waals surface area contributed by atoms with Crippen LogP contribution in [-0.2, 0) is 4.79 Å². The van der Waals surface area contributed by atoms with Gasteiger partial charge < -0.3 is 10.3 Å². The zero-order chi connectivity index (χ0) is 8.97. The second-order valence-electron chi connectivity index (χ2n) is 2.11. The normalized spacial score (nSPS) is 10.3. The van der Waals surface area contributed by atoms with Gasteiger partial charge in [0.05, 0.1) is 0 Å². The summed E-state index contributed by atoms with van der Waals surface area (Å²) in [4.78, 5) is 14.3. The molecule has 1 heterocycles. The lowest BCUT2D eigenvalue weighted by atomic mass is 10.4. The predicted molar refractivity (Wildman–Crippen MR) is 46.8 cm³/mol. The number of carbonyl (C=O) groups excluding carboxylic acids is 1. The summed E-state index contributed by atoms with van der Waals surface area (Å²) in [5.41, 5.74) is 4.91. The van der Waals surface area contributed by atoms with E-state index in [1.807, 2.05) is 0 Å². The molecule has 62 valence electrons. The summed E-state index contributed by atoms with van der Waals surface area (Å²) in [5.74, 6) is 0.136. The molecule has 0 aliphatic heterocycles. The molecule has 1 aromatic rings. The smallest absolute Gasteiger partial charge is 0.241 e. The zero-order valence-electron chi connectivity index (χ0n) is 6.47. The fraction of sp³-hybridized carbons (Fsp3) is 0. The van der Waals surface area contributed by atoms with Crippen LogP contribution in [-0.4, -0.2) is 15.5 Å². The van der Waals surface area contributed by atoms with Gasteiger partial charge in [-0.15, -0.1) is 0 Å². The number of amides is 1. The molecule has 1 aromatic heterocycles. The molecular weight excluding hydrogens is 154 g/mol. The molecule has 0 saturated carbocycles. The van der Waals surface area contributed by atoms with Crippen molar-refractivity contribution in [2.75, 3.05) is 0 Å². The highest BCUT2D eigenvalue weighted by molar-refractivity contribution is 5.89. The van der Waals surface area contributed by atoms with E-state index in [1.54, 1.807) is 23.2 Å². The van der Waals surface area contributed by atoms with Crippen LogP contribution in [0.15, 0.2) is 25.0 Å². The first-order chi connectivity index (χ1) is 5.74. The molecule has 0 aromatic carbocycles. The van der Waals surface area contributed by atoms with Gasteiger partial charge in [-0.3, -0.25) is 4.79 Å². The number of imidazole rings is 1. The summed E-state index contributed by atoms with van der Waals surface area (Å²) < 4.78 is 1.68. The number of nitrogens with zero attached hydrogens (tertiary/aromatic N) is 2. The Bertz CT molecular complexity index is 325. The van der Waals surface area contributed by atoms with Crippen molar-refractivity contribution in [1.82, 2.24) is 9.55 Å². The van der Waals surface area contributed by atoms with E-state index in [-0.39, 0.29) is 0 Å².